The molecule has 0 amide bonds. The van der Waals surface area contributed by atoms with Crippen molar-refractivity contribution in [2.24, 2.45) is 0 Å². The van der Waals surface area contributed by atoms with E-state index in [1.807, 2.05) is 97.2 Å². The van der Waals surface area contributed by atoms with Crippen molar-refractivity contribution in [3.8, 4) is 0 Å². The number of aliphatic hydroxyl groups is 1. The molecule has 4 aromatic rings. The molecule has 36 heavy (non-hydrogen) atoms. The number of rotatable bonds is 3. The van der Waals surface area contributed by atoms with E-state index in [1.165, 1.54) is 11.8 Å². The molecule has 1 N–H and O–H groups in total. The van der Waals surface area contributed by atoms with Crippen molar-refractivity contribution in [1.82, 2.24) is 0 Å². The molecular weight excluding hydrogens is 484 g/mol. The zero-order valence-corrected chi connectivity index (χ0v) is 20.8. The quantitative estimate of drug-likeness (QED) is 0.321. The standard InChI is InChI=1S/C30H22N2O2S2/c33-27(20-11-3-1-4-12-20)24-19-31-22-15-7-10-18-26(22)36-30(34,21-13-5-2-6-14-21)28(31)29-32(24)23-16-8-9-17-25(23)35-29/h1-19,28-29,34H/t28-,29-,30+/m0/s1. The minimum Gasteiger partial charge on any atom is -0.373 e. The fourth-order valence-corrected chi connectivity index (χ4v) is 8.32. The Morgan fingerprint density at radius 1 is 0.750 bits per heavy atom. The Morgan fingerprint density at radius 2 is 1.36 bits per heavy atom. The first-order chi connectivity index (χ1) is 17.6. The van der Waals surface area contributed by atoms with Gasteiger partial charge in [0, 0.05) is 21.6 Å². The molecule has 7 rings (SSSR count). The van der Waals surface area contributed by atoms with Crippen molar-refractivity contribution < 1.29 is 9.90 Å². The molecule has 6 heteroatoms. The highest BCUT2D eigenvalue weighted by Crippen LogP contribution is 2.60. The van der Waals surface area contributed by atoms with Crippen LogP contribution in [0, 0.1) is 0 Å². The number of thioether (sulfide) groups is 2. The number of hydrogen-bond acceptors (Lipinski definition) is 6. The summed E-state index contributed by atoms with van der Waals surface area (Å²) in [5, 5.41) is 12.3. The SMILES string of the molecule is O=C(C1=CN2c3ccccc3S[C@](O)(c3ccccc3)[C@@H]2[C@@H]2Sc3ccccc3N12)c1ccccc1. The molecule has 3 atom stereocenters. The zero-order valence-electron chi connectivity index (χ0n) is 19.2. The number of ketones is 1. The smallest absolute Gasteiger partial charge is 0.210 e. The number of Topliss-reactive ketones (excluding diaryl/α,β-unsaturated/α-hetero) is 1. The molecule has 0 fully saturated rings. The Bertz CT molecular complexity index is 1510. The molecule has 3 aliphatic heterocycles. The molecule has 0 aromatic heterocycles. The van der Waals surface area contributed by atoms with Gasteiger partial charge in [0.15, 0.2) is 4.93 Å². The minimum absolute atomic E-state index is 0.0321. The largest absolute Gasteiger partial charge is 0.373 e. The van der Waals surface area contributed by atoms with Crippen LogP contribution >= 0.6 is 23.5 Å². The monoisotopic (exact) mass is 506 g/mol. The van der Waals surface area contributed by atoms with Gasteiger partial charge in [-0.2, -0.15) is 0 Å². The van der Waals surface area contributed by atoms with Gasteiger partial charge in [0.05, 0.1) is 11.4 Å². The fraction of sp³-hybridized carbons (Fsp3) is 0.100. The van der Waals surface area contributed by atoms with Crippen LogP contribution in [0.1, 0.15) is 15.9 Å². The van der Waals surface area contributed by atoms with E-state index >= 15 is 0 Å². The van der Waals surface area contributed by atoms with Gasteiger partial charge >= 0.3 is 0 Å². The highest BCUT2D eigenvalue weighted by atomic mass is 32.2. The van der Waals surface area contributed by atoms with Crippen molar-refractivity contribution in [2.45, 2.75) is 26.1 Å². The molecule has 4 nitrogen and oxygen atoms in total. The van der Waals surface area contributed by atoms with Crippen LogP contribution in [0.15, 0.2) is 131 Å². The van der Waals surface area contributed by atoms with Crippen LogP contribution in [0.3, 0.4) is 0 Å². The number of anilines is 2. The number of hydrogen-bond donors (Lipinski definition) is 1. The third-order valence-corrected chi connectivity index (χ3v) is 9.65. The van der Waals surface area contributed by atoms with Crippen LogP contribution in [0.2, 0.25) is 0 Å². The first-order valence-electron chi connectivity index (χ1n) is 11.9. The summed E-state index contributed by atoms with van der Waals surface area (Å²) in [7, 11) is 0. The van der Waals surface area contributed by atoms with Gasteiger partial charge in [0.2, 0.25) is 5.78 Å². The number of carbonyl (C=O) groups is 1. The zero-order chi connectivity index (χ0) is 24.3. The minimum atomic E-state index is -1.23. The molecule has 0 spiro atoms. The van der Waals surface area contributed by atoms with Gasteiger partial charge in [-0.15, -0.1) is 0 Å². The van der Waals surface area contributed by atoms with Crippen molar-refractivity contribution in [2.75, 3.05) is 9.80 Å². The summed E-state index contributed by atoms with van der Waals surface area (Å²) in [6.45, 7) is 0. The number of fused-ring (bicyclic) bond motifs is 7. The first-order valence-corrected chi connectivity index (χ1v) is 13.6. The Labute approximate surface area is 218 Å². The molecular formula is C30H22N2O2S2. The topological polar surface area (TPSA) is 43.8 Å². The Balaban J connectivity index is 1.48. The summed E-state index contributed by atoms with van der Waals surface area (Å²) in [6.07, 6.45) is 1.95. The lowest BCUT2D eigenvalue weighted by Crippen LogP contribution is -2.62. The van der Waals surface area contributed by atoms with Crippen LogP contribution < -0.4 is 9.80 Å². The summed E-state index contributed by atoms with van der Waals surface area (Å²) in [5.74, 6) is -0.0321. The van der Waals surface area contributed by atoms with Gasteiger partial charge < -0.3 is 14.9 Å². The summed E-state index contributed by atoms with van der Waals surface area (Å²) in [6, 6.07) is 35.3. The van der Waals surface area contributed by atoms with E-state index in [1.54, 1.807) is 11.8 Å². The normalized spacial score (nSPS) is 23.8. The highest BCUT2D eigenvalue weighted by Gasteiger charge is 2.57. The van der Waals surface area contributed by atoms with Crippen molar-refractivity contribution in [3.05, 3.63) is 132 Å². The molecule has 0 saturated carbocycles. The predicted octanol–water partition coefficient (Wildman–Crippen LogP) is 6.49. The Kier molecular flexibility index (Phi) is 5.03. The molecule has 0 saturated heterocycles. The average Bonchev–Trinajstić information content (AvgIpc) is 3.32. The van der Waals surface area contributed by atoms with Crippen LogP contribution in [0.4, 0.5) is 11.4 Å². The Hall–Kier alpha value is -3.45. The van der Waals surface area contributed by atoms with E-state index < -0.39 is 4.93 Å². The molecule has 0 aliphatic carbocycles. The molecule has 4 aromatic carbocycles. The van der Waals surface area contributed by atoms with Crippen LogP contribution in [0.5, 0.6) is 0 Å². The fourth-order valence-electron chi connectivity index (χ4n) is 5.36. The maximum atomic E-state index is 14.0. The molecule has 3 aliphatic rings. The molecule has 0 unspecified atom stereocenters. The van der Waals surface area contributed by atoms with Gasteiger partial charge in [-0.1, -0.05) is 108 Å². The predicted molar refractivity (Wildman–Crippen MR) is 146 cm³/mol. The maximum Gasteiger partial charge on any atom is 0.210 e. The second kappa shape index (κ2) is 8.30. The van der Waals surface area contributed by atoms with Crippen molar-refractivity contribution >= 4 is 40.7 Å². The summed E-state index contributed by atoms with van der Waals surface area (Å²) in [4.78, 5) is 19.1. The van der Waals surface area contributed by atoms with Gasteiger partial charge in [-0.25, -0.2) is 0 Å². The Morgan fingerprint density at radius 3 is 2.11 bits per heavy atom. The van der Waals surface area contributed by atoms with Gasteiger partial charge in [-0.3, -0.25) is 4.79 Å². The third kappa shape index (κ3) is 3.18. The lowest BCUT2D eigenvalue weighted by molar-refractivity contribution is 0.0959. The third-order valence-electron chi connectivity index (χ3n) is 6.98. The van der Waals surface area contributed by atoms with Gasteiger partial charge in [-0.05, 0) is 29.8 Å². The highest BCUT2D eigenvalue weighted by molar-refractivity contribution is 8.01. The van der Waals surface area contributed by atoms with E-state index in [9.17, 15) is 9.90 Å². The van der Waals surface area contributed by atoms with Crippen molar-refractivity contribution in [1.29, 1.82) is 0 Å². The summed E-state index contributed by atoms with van der Waals surface area (Å²) < 4.78 is 0. The molecule has 176 valence electrons. The second-order valence-corrected chi connectivity index (χ2v) is 11.5. The van der Waals surface area contributed by atoms with E-state index in [0.717, 1.165) is 26.7 Å². The molecule has 0 radical (unpaired) electrons. The van der Waals surface area contributed by atoms with Crippen LogP contribution in [-0.2, 0) is 4.93 Å². The number of benzene rings is 4. The van der Waals surface area contributed by atoms with Crippen molar-refractivity contribution in [3.63, 3.8) is 0 Å². The van der Waals surface area contributed by atoms with Gasteiger partial charge in [0.25, 0.3) is 0 Å². The lowest BCUT2D eigenvalue weighted by atomic mass is 9.94. The van der Waals surface area contributed by atoms with E-state index in [0.29, 0.717) is 11.3 Å². The summed E-state index contributed by atoms with van der Waals surface area (Å²) >= 11 is 3.20. The van der Waals surface area contributed by atoms with Crippen LogP contribution in [0.25, 0.3) is 0 Å². The van der Waals surface area contributed by atoms with Crippen LogP contribution in [-0.4, -0.2) is 22.3 Å². The first kappa shape index (κ1) is 21.8. The maximum absolute atomic E-state index is 14.0. The number of carbonyl (C=O) groups excluding carboxylic acids is 1. The second-order valence-electron chi connectivity index (χ2n) is 9.04. The van der Waals surface area contributed by atoms with E-state index in [-0.39, 0.29) is 17.2 Å². The number of allylic oxidation sites excluding steroid dienone is 1. The number of para-hydroxylation sites is 2. The van der Waals surface area contributed by atoms with E-state index in [2.05, 4.69) is 28.0 Å². The molecule has 3 heterocycles. The lowest BCUT2D eigenvalue weighted by Gasteiger charge is -2.53. The number of nitrogens with zero attached hydrogens (tertiary/aromatic N) is 2. The van der Waals surface area contributed by atoms with E-state index in [4.69, 9.17) is 0 Å². The van der Waals surface area contributed by atoms with Gasteiger partial charge in [0.1, 0.15) is 17.1 Å². The molecule has 0 bridgehead atoms. The summed E-state index contributed by atoms with van der Waals surface area (Å²) in [5.41, 5.74) is 4.11. The average molecular weight is 507 g/mol.